The summed E-state index contributed by atoms with van der Waals surface area (Å²) in [5.41, 5.74) is 6.35. The maximum Gasteiger partial charge on any atom is 0.129 e. The van der Waals surface area contributed by atoms with Crippen LogP contribution >= 0.6 is 22.9 Å². The standard InChI is InChI=1S/C15H18ClFN2S/c1-10(14-7-4-8-20-14)19(2)13(9-18)15-11(16)5-3-6-12(15)17/h3-8,10,13H,9,18H2,1-2H3. The largest absolute Gasteiger partial charge is 0.329 e. The molecule has 0 saturated carbocycles. The van der Waals surface area contributed by atoms with Gasteiger partial charge in [-0.25, -0.2) is 4.39 Å². The number of thiophene rings is 1. The Kier molecular flexibility index (Phi) is 5.16. The predicted molar refractivity (Wildman–Crippen MR) is 83.7 cm³/mol. The first-order valence-corrected chi connectivity index (χ1v) is 7.71. The van der Waals surface area contributed by atoms with Crippen molar-refractivity contribution in [1.82, 2.24) is 4.90 Å². The van der Waals surface area contributed by atoms with Gasteiger partial charge in [0.05, 0.1) is 6.04 Å². The lowest BCUT2D eigenvalue weighted by Crippen LogP contribution is -2.33. The highest BCUT2D eigenvalue weighted by atomic mass is 35.5. The number of likely N-dealkylation sites (N-methyl/N-ethyl adjacent to an activating group) is 1. The Labute approximate surface area is 128 Å². The smallest absolute Gasteiger partial charge is 0.129 e. The van der Waals surface area contributed by atoms with E-state index in [9.17, 15) is 4.39 Å². The van der Waals surface area contributed by atoms with Gasteiger partial charge in [0.25, 0.3) is 0 Å². The molecular weight excluding hydrogens is 295 g/mol. The third-order valence-electron chi connectivity index (χ3n) is 3.61. The SMILES string of the molecule is CC(c1cccs1)N(C)C(CN)c1c(F)cccc1Cl. The van der Waals surface area contributed by atoms with Crippen molar-refractivity contribution < 1.29 is 4.39 Å². The van der Waals surface area contributed by atoms with Gasteiger partial charge in [0, 0.05) is 28.0 Å². The van der Waals surface area contributed by atoms with E-state index >= 15 is 0 Å². The molecular formula is C15H18ClFN2S. The zero-order chi connectivity index (χ0) is 14.7. The minimum Gasteiger partial charge on any atom is -0.329 e. The summed E-state index contributed by atoms with van der Waals surface area (Å²) in [7, 11) is 1.95. The summed E-state index contributed by atoms with van der Waals surface area (Å²) in [4.78, 5) is 3.29. The average Bonchev–Trinajstić information content (AvgIpc) is 2.95. The molecule has 5 heteroatoms. The molecule has 2 nitrogen and oxygen atoms in total. The molecule has 0 aliphatic rings. The third-order valence-corrected chi connectivity index (χ3v) is 4.99. The Morgan fingerprint density at radius 2 is 2.10 bits per heavy atom. The van der Waals surface area contributed by atoms with Crippen LogP contribution in [-0.4, -0.2) is 18.5 Å². The van der Waals surface area contributed by atoms with Gasteiger partial charge in [-0.2, -0.15) is 0 Å². The molecule has 0 saturated heterocycles. The molecule has 0 amide bonds. The Morgan fingerprint density at radius 1 is 1.35 bits per heavy atom. The van der Waals surface area contributed by atoms with Crippen LogP contribution in [0.15, 0.2) is 35.7 Å². The minimum absolute atomic E-state index is 0.152. The molecule has 0 spiro atoms. The molecule has 0 aliphatic heterocycles. The normalized spacial score (nSPS) is 14.5. The summed E-state index contributed by atoms with van der Waals surface area (Å²) in [6.07, 6.45) is 0. The lowest BCUT2D eigenvalue weighted by molar-refractivity contribution is 0.189. The Balaban J connectivity index is 2.32. The lowest BCUT2D eigenvalue weighted by atomic mass is 10.0. The molecule has 20 heavy (non-hydrogen) atoms. The quantitative estimate of drug-likeness (QED) is 0.895. The number of halogens is 2. The van der Waals surface area contributed by atoms with Gasteiger partial charge in [0.15, 0.2) is 0 Å². The van der Waals surface area contributed by atoms with E-state index in [0.29, 0.717) is 17.1 Å². The monoisotopic (exact) mass is 312 g/mol. The molecule has 1 heterocycles. The fourth-order valence-electron chi connectivity index (χ4n) is 2.32. The van der Waals surface area contributed by atoms with Gasteiger partial charge < -0.3 is 5.73 Å². The van der Waals surface area contributed by atoms with Crippen LogP contribution in [0, 0.1) is 5.82 Å². The second-order valence-electron chi connectivity index (χ2n) is 4.74. The molecule has 0 radical (unpaired) electrons. The summed E-state index contributed by atoms with van der Waals surface area (Å²) in [6, 6.07) is 8.72. The van der Waals surface area contributed by atoms with E-state index in [0.717, 1.165) is 0 Å². The van der Waals surface area contributed by atoms with Crippen LogP contribution in [0.5, 0.6) is 0 Å². The van der Waals surface area contributed by atoms with Crippen molar-refractivity contribution in [2.45, 2.75) is 19.0 Å². The molecule has 1 aromatic heterocycles. The predicted octanol–water partition coefficient (Wildman–Crippen LogP) is 4.23. The van der Waals surface area contributed by atoms with Gasteiger partial charge in [0.1, 0.15) is 5.82 Å². The van der Waals surface area contributed by atoms with E-state index in [1.807, 2.05) is 18.5 Å². The second-order valence-corrected chi connectivity index (χ2v) is 6.13. The van der Waals surface area contributed by atoms with Gasteiger partial charge in [-0.15, -0.1) is 11.3 Å². The molecule has 2 N–H and O–H groups in total. The van der Waals surface area contributed by atoms with E-state index in [2.05, 4.69) is 17.9 Å². The van der Waals surface area contributed by atoms with E-state index in [1.165, 1.54) is 10.9 Å². The van der Waals surface area contributed by atoms with E-state index < -0.39 is 0 Å². The summed E-state index contributed by atoms with van der Waals surface area (Å²) in [5, 5.41) is 2.46. The Hall–Kier alpha value is -0.940. The summed E-state index contributed by atoms with van der Waals surface area (Å²) in [6.45, 7) is 2.40. The van der Waals surface area contributed by atoms with Crippen LogP contribution < -0.4 is 5.73 Å². The van der Waals surface area contributed by atoms with Crippen molar-refractivity contribution in [2.75, 3.05) is 13.6 Å². The van der Waals surface area contributed by atoms with Crippen molar-refractivity contribution in [3.05, 3.63) is 57.0 Å². The van der Waals surface area contributed by atoms with Crippen LogP contribution in [0.2, 0.25) is 5.02 Å². The highest BCUT2D eigenvalue weighted by Crippen LogP contribution is 2.34. The first-order chi connectivity index (χ1) is 9.56. The van der Waals surface area contributed by atoms with Crippen molar-refractivity contribution in [1.29, 1.82) is 0 Å². The Bertz CT molecular complexity index is 539. The molecule has 108 valence electrons. The molecule has 1 aromatic carbocycles. The van der Waals surface area contributed by atoms with E-state index in [-0.39, 0.29) is 17.9 Å². The fraction of sp³-hybridized carbons (Fsp3) is 0.333. The molecule has 2 atom stereocenters. The number of hydrogen-bond acceptors (Lipinski definition) is 3. The van der Waals surface area contributed by atoms with Crippen LogP contribution in [0.3, 0.4) is 0 Å². The van der Waals surface area contributed by atoms with Crippen molar-refractivity contribution in [2.24, 2.45) is 5.73 Å². The van der Waals surface area contributed by atoms with Gasteiger partial charge in [-0.1, -0.05) is 23.7 Å². The maximum atomic E-state index is 14.1. The maximum absolute atomic E-state index is 14.1. The van der Waals surface area contributed by atoms with Crippen LogP contribution in [-0.2, 0) is 0 Å². The van der Waals surface area contributed by atoms with Gasteiger partial charge in [0.2, 0.25) is 0 Å². The van der Waals surface area contributed by atoms with Crippen molar-refractivity contribution in [3.8, 4) is 0 Å². The number of benzene rings is 1. The zero-order valence-corrected chi connectivity index (χ0v) is 13.1. The molecule has 0 aliphatic carbocycles. The zero-order valence-electron chi connectivity index (χ0n) is 11.5. The summed E-state index contributed by atoms with van der Waals surface area (Å²) >= 11 is 7.84. The molecule has 2 rings (SSSR count). The van der Waals surface area contributed by atoms with E-state index in [4.69, 9.17) is 17.3 Å². The van der Waals surface area contributed by atoms with E-state index in [1.54, 1.807) is 23.5 Å². The number of nitrogens with two attached hydrogens (primary N) is 1. The molecule has 2 unspecified atom stereocenters. The van der Waals surface area contributed by atoms with Gasteiger partial charge in [-0.3, -0.25) is 4.90 Å². The minimum atomic E-state index is -0.307. The summed E-state index contributed by atoms with van der Waals surface area (Å²) < 4.78 is 14.1. The van der Waals surface area contributed by atoms with Crippen LogP contribution in [0.25, 0.3) is 0 Å². The number of nitrogens with zero attached hydrogens (tertiary/aromatic N) is 1. The average molecular weight is 313 g/mol. The second kappa shape index (κ2) is 6.68. The number of hydrogen-bond donors (Lipinski definition) is 1. The summed E-state index contributed by atoms with van der Waals surface area (Å²) in [5.74, 6) is -0.307. The first kappa shape index (κ1) is 15.4. The fourth-order valence-corrected chi connectivity index (χ4v) is 3.44. The topological polar surface area (TPSA) is 29.3 Å². The van der Waals surface area contributed by atoms with Gasteiger partial charge >= 0.3 is 0 Å². The van der Waals surface area contributed by atoms with Crippen molar-refractivity contribution in [3.63, 3.8) is 0 Å². The third kappa shape index (κ3) is 3.04. The lowest BCUT2D eigenvalue weighted by Gasteiger charge is -2.33. The van der Waals surface area contributed by atoms with Gasteiger partial charge in [-0.05, 0) is 37.6 Å². The number of rotatable bonds is 5. The Morgan fingerprint density at radius 3 is 2.65 bits per heavy atom. The highest BCUT2D eigenvalue weighted by Gasteiger charge is 2.26. The highest BCUT2D eigenvalue weighted by molar-refractivity contribution is 7.10. The van der Waals surface area contributed by atoms with Crippen molar-refractivity contribution >= 4 is 22.9 Å². The van der Waals surface area contributed by atoms with Crippen LogP contribution in [0.4, 0.5) is 4.39 Å². The molecule has 2 aromatic rings. The molecule has 0 bridgehead atoms. The van der Waals surface area contributed by atoms with Crippen LogP contribution in [0.1, 0.15) is 29.4 Å². The molecule has 0 fully saturated rings. The first-order valence-electron chi connectivity index (χ1n) is 6.45.